The number of aromatic nitrogens is 3. The molecule has 0 amide bonds. The van der Waals surface area contributed by atoms with Gasteiger partial charge in [-0.15, -0.1) is 0 Å². The molecule has 5 nitrogen and oxygen atoms in total. The van der Waals surface area contributed by atoms with Crippen LogP contribution in [0.4, 0.5) is 0 Å². The summed E-state index contributed by atoms with van der Waals surface area (Å²) in [5, 5.41) is 9.67. The maximum absolute atomic E-state index is 9.67. The third kappa shape index (κ3) is 3.25. The van der Waals surface area contributed by atoms with Crippen molar-refractivity contribution >= 4 is 16.7 Å². The fourth-order valence-electron chi connectivity index (χ4n) is 4.44. The van der Waals surface area contributed by atoms with E-state index in [0.717, 1.165) is 62.5 Å². The first-order valence-corrected chi connectivity index (χ1v) is 10.9. The first-order chi connectivity index (χ1) is 15.6. The van der Waals surface area contributed by atoms with Crippen molar-refractivity contribution < 1.29 is 4.74 Å². The van der Waals surface area contributed by atoms with Crippen molar-refractivity contribution in [3.63, 3.8) is 0 Å². The number of ether oxygens (including phenoxy) is 1. The van der Waals surface area contributed by atoms with Gasteiger partial charge in [0.25, 0.3) is 0 Å². The summed E-state index contributed by atoms with van der Waals surface area (Å²) in [6, 6.07) is 18.8. The van der Waals surface area contributed by atoms with Crippen molar-refractivity contribution in [3.8, 4) is 11.8 Å². The Kier molecular flexibility index (Phi) is 4.99. The van der Waals surface area contributed by atoms with Gasteiger partial charge in [0.1, 0.15) is 23.7 Å². The molecule has 2 aromatic heterocycles. The highest BCUT2D eigenvalue weighted by atomic mass is 16.5. The lowest BCUT2D eigenvalue weighted by molar-refractivity contribution is 0.307. The van der Waals surface area contributed by atoms with E-state index in [4.69, 9.17) is 9.72 Å². The van der Waals surface area contributed by atoms with E-state index in [2.05, 4.69) is 59.8 Å². The minimum Gasteiger partial charge on any atom is -0.488 e. The van der Waals surface area contributed by atoms with Gasteiger partial charge in [-0.2, -0.15) is 5.26 Å². The van der Waals surface area contributed by atoms with Gasteiger partial charge >= 0.3 is 0 Å². The molecule has 5 rings (SSSR count). The Hall–Kier alpha value is -3.91. The van der Waals surface area contributed by atoms with Gasteiger partial charge in [0, 0.05) is 29.3 Å². The molecule has 1 aliphatic rings. The summed E-state index contributed by atoms with van der Waals surface area (Å²) < 4.78 is 8.43. The van der Waals surface area contributed by atoms with Crippen LogP contribution in [-0.4, -0.2) is 14.5 Å². The van der Waals surface area contributed by atoms with Crippen LogP contribution >= 0.6 is 0 Å². The zero-order valence-electron chi connectivity index (χ0n) is 18.5. The fourth-order valence-corrected chi connectivity index (χ4v) is 4.44. The predicted octanol–water partition coefficient (Wildman–Crippen LogP) is 5.59. The Balaban J connectivity index is 1.61. The molecule has 0 saturated heterocycles. The van der Waals surface area contributed by atoms with E-state index in [1.54, 1.807) is 0 Å². The third-order valence-corrected chi connectivity index (χ3v) is 6.10. The first kappa shape index (κ1) is 20.0. The van der Waals surface area contributed by atoms with Gasteiger partial charge in [-0.3, -0.25) is 0 Å². The maximum Gasteiger partial charge on any atom is 0.160 e. The average molecular weight is 421 g/mol. The highest BCUT2D eigenvalue weighted by molar-refractivity contribution is 5.88. The second-order valence-electron chi connectivity index (χ2n) is 8.16. The standard InChI is InChI=1S/C27H24N4O/c1-4-24-30-26-17(2)11-12-29-27(26)31(24)15-19-9-10-22-23(13-19)32-16-20-7-5-6-8-21(20)25(22)18(3)14-28/h5-13H,4,15-16H2,1-3H3. The lowest BCUT2D eigenvalue weighted by Crippen LogP contribution is -2.06. The molecule has 0 aliphatic carbocycles. The molecule has 32 heavy (non-hydrogen) atoms. The van der Waals surface area contributed by atoms with E-state index < -0.39 is 0 Å². The zero-order valence-corrected chi connectivity index (χ0v) is 18.5. The molecule has 3 heterocycles. The number of hydrogen-bond donors (Lipinski definition) is 0. The topological polar surface area (TPSA) is 63.7 Å². The molecule has 158 valence electrons. The normalized spacial score (nSPS) is 14.2. The Morgan fingerprint density at radius 2 is 2.00 bits per heavy atom. The van der Waals surface area contributed by atoms with Gasteiger partial charge in [0.15, 0.2) is 5.65 Å². The highest BCUT2D eigenvalue weighted by Gasteiger charge is 2.22. The second kappa shape index (κ2) is 7.97. The van der Waals surface area contributed by atoms with Crippen LogP contribution in [0.25, 0.3) is 16.7 Å². The summed E-state index contributed by atoms with van der Waals surface area (Å²) in [6.07, 6.45) is 2.68. The Bertz CT molecular complexity index is 1420. The van der Waals surface area contributed by atoms with Crippen LogP contribution in [0.5, 0.6) is 5.75 Å². The van der Waals surface area contributed by atoms with Crippen molar-refractivity contribution in [1.82, 2.24) is 14.5 Å². The van der Waals surface area contributed by atoms with Gasteiger partial charge in [0.05, 0.1) is 12.6 Å². The number of hydrogen-bond acceptors (Lipinski definition) is 4. The minimum atomic E-state index is 0.476. The Morgan fingerprint density at radius 1 is 1.16 bits per heavy atom. The number of benzene rings is 2. The van der Waals surface area contributed by atoms with Crippen LogP contribution in [0.1, 0.15) is 47.5 Å². The number of nitrogens with zero attached hydrogens (tertiary/aromatic N) is 4. The molecule has 0 radical (unpaired) electrons. The number of pyridine rings is 1. The second-order valence-corrected chi connectivity index (χ2v) is 8.16. The van der Waals surface area contributed by atoms with E-state index in [9.17, 15) is 5.26 Å². The third-order valence-electron chi connectivity index (χ3n) is 6.10. The lowest BCUT2D eigenvalue weighted by atomic mass is 9.90. The fraction of sp³-hybridized carbons (Fsp3) is 0.222. The Labute approximate surface area is 187 Å². The van der Waals surface area contributed by atoms with Gasteiger partial charge < -0.3 is 9.30 Å². The van der Waals surface area contributed by atoms with E-state index in [1.165, 1.54) is 0 Å². The lowest BCUT2D eigenvalue weighted by Gasteiger charge is -2.14. The number of imidazole rings is 1. The minimum absolute atomic E-state index is 0.476. The molecule has 2 aromatic carbocycles. The van der Waals surface area contributed by atoms with Crippen molar-refractivity contribution in [1.29, 1.82) is 5.26 Å². The van der Waals surface area contributed by atoms with Crippen molar-refractivity contribution in [2.24, 2.45) is 0 Å². The van der Waals surface area contributed by atoms with Crippen molar-refractivity contribution in [2.45, 2.75) is 40.3 Å². The van der Waals surface area contributed by atoms with Crippen molar-refractivity contribution in [3.05, 3.63) is 93.9 Å². The zero-order chi connectivity index (χ0) is 22.2. The molecular formula is C27H24N4O. The summed E-state index contributed by atoms with van der Waals surface area (Å²) in [5.41, 5.74) is 8.85. The van der Waals surface area contributed by atoms with Gasteiger partial charge in [-0.25, -0.2) is 9.97 Å². The van der Waals surface area contributed by atoms with Crippen LogP contribution in [0.2, 0.25) is 0 Å². The molecule has 0 saturated carbocycles. The van der Waals surface area contributed by atoms with E-state index in [1.807, 2.05) is 31.3 Å². The molecule has 0 fully saturated rings. The summed E-state index contributed by atoms with van der Waals surface area (Å²) in [7, 11) is 0. The van der Waals surface area contributed by atoms with Crippen LogP contribution in [-0.2, 0) is 19.6 Å². The molecule has 4 aromatic rings. The molecule has 5 heteroatoms. The number of fused-ring (bicyclic) bond motifs is 3. The average Bonchev–Trinajstić information content (AvgIpc) is 3.09. The SMILES string of the molecule is CCc1nc2c(C)ccnc2n1Cc1ccc2c(c1)OCc1ccccc1C2=C(C)C#N. The summed E-state index contributed by atoms with van der Waals surface area (Å²) in [5.74, 6) is 1.82. The molecule has 0 bridgehead atoms. The highest BCUT2D eigenvalue weighted by Crippen LogP contribution is 2.39. The summed E-state index contributed by atoms with van der Waals surface area (Å²) in [6.45, 7) is 7.19. The first-order valence-electron chi connectivity index (χ1n) is 10.9. The van der Waals surface area contributed by atoms with Crippen molar-refractivity contribution in [2.75, 3.05) is 0 Å². The number of rotatable bonds is 3. The monoisotopic (exact) mass is 420 g/mol. The summed E-state index contributed by atoms with van der Waals surface area (Å²) in [4.78, 5) is 9.44. The summed E-state index contributed by atoms with van der Waals surface area (Å²) >= 11 is 0. The molecule has 0 spiro atoms. The van der Waals surface area contributed by atoms with Gasteiger partial charge in [-0.1, -0.05) is 43.3 Å². The Morgan fingerprint density at radius 3 is 2.81 bits per heavy atom. The van der Waals surface area contributed by atoms with Crippen LogP contribution in [0.15, 0.2) is 60.3 Å². The largest absolute Gasteiger partial charge is 0.488 e. The predicted molar refractivity (Wildman–Crippen MR) is 125 cm³/mol. The van der Waals surface area contributed by atoms with E-state index >= 15 is 0 Å². The van der Waals surface area contributed by atoms with Crippen LogP contribution in [0.3, 0.4) is 0 Å². The van der Waals surface area contributed by atoms with Crippen LogP contribution in [0, 0.1) is 18.3 Å². The molecule has 0 unspecified atom stereocenters. The smallest absolute Gasteiger partial charge is 0.160 e. The molecular weight excluding hydrogens is 396 g/mol. The quantitative estimate of drug-likeness (QED) is 0.405. The number of allylic oxidation sites excluding steroid dienone is 1. The van der Waals surface area contributed by atoms with E-state index in [0.29, 0.717) is 18.7 Å². The van der Waals surface area contributed by atoms with Gasteiger partial charge in [0.2, 0.25) is 0 Å². The van der Waals surface area contributed by atoms with Gasteiger partial charge in [-0.05, 0) is 48.2 Å². The molecule has 1 aliphatic heterocycles. The molecule has 0 N–H and O–H groups in total. The maximum atomic E-state index is 9.67. The number of aryl methyl sites for hydroxylation is 2. The number of nitriles is 1. The van der Waals surface area contributed by atoms with E-state index in [-0.39, 0.29) is 0 Å². The molecule has 0 atom stereocenters. The van der Waals surface area contributed by atoms with Crippen LogP contribution < -0.4 is 4.74 Å².